The van der Waals surface area contributed by atoms with Crippen LogP contribution in [0.5, 0.6) is 0 Å². The first-order valence-electron chi connectivity index (χ1n) is 12.5. The van der Waals surface area contributed by atoms with E-state index >= 15 is 0 Å². The van der Waals surface area contributed by atoms with Crippen LogP contribution in [0.25, 0.3) is 0 Å². The molecule has 3 aromatic heterocycles. The number of ether oxygens (including phenoxy) is 1. The second kappa shape index (κ2) is 10.8. The van der Waals surface area contributed by atoms with Gasteiger partial charge in [-0.15, -0.1) is 0 Å². The lowest BCUT2D eigenvalue weighted by Crippen LogP contribution is -2.29. The average molecular weight is 530 g/mol. The summed E-state index contributed by atoms with van der Waals surface area (Å²) in [6, 6.07) is 17.7. The van der Waals surface area contributed by atoms with Gasteiger partial charge in [0.15, 0.2) is 5.11 Å². The van der Waals surface area contributed by atoms with E-state index in [0.29, 0.717) is 11.7 Å². The van der Waals surface area contributed by atoms with E-state index in [1.165, 1.54) is 7.11 Å². The second-order valence-electron chi connectivity index (χ2n) is 9.47. The van der Waals surface area contributed by atoms with E-state index in [1.807, 2.05) is 61.7 Å². The molecule has 1 fully saturated rings. The maximum absolute atomic E-state index is 12.1. The predicted octanol–water partition coefficient (Wildman–Crippen LogP) is 5.21. The fourth-order valence-electron chi connectivity index (χ4n) is 5.13. The number of aromatic nitrogens is 2. The van der Waals surface area contributed by atoms with Crippen LogP contribution in [0.1, 0.15) is 46.1 Å². The molecule has 0 radical (unpaired) electrons. The highest BCUT2D eigenvalue weighted by atomic mass is 32.1. The van der Waals surface area contributed by atoms with Crippen molar-refractivity contribution in [3.8, 4) is 0 Å². The van der Waals surface area contributed by atoms with Crippen LogP contribution in [-0.2, 0) is 16.1 Å². The van der Waals surface area contributed by atoms with Crippen LogP contribution >= 0.6 is 12.2 Å². The minimum atomic E-state index is -0.196. The van der Waals surface area contributed by atoms with Gasteiger partial charge in [-0.25, -0.2) is 0 Å². The molecule has 1 aliphatic rings. The van der Waals surface area contributed by atoms with E-state index in [-0.39, 0.29) is 24.6 Å². The summed E-state index contributed by atoms with van der Waals surface area (Å²) < 4.78 is 12.8. The van der Waals surface area contributed by atoms with Crippen LogP contribution in [0.15, 0.2) is 71.5 Å². The number of rotatable bonds is 8. The van der Waals surface area contributed by atoms with Gasteiger partial charge in [0.25, 0.3) is 0 Å². The molecule has 2 atom stereocenters. The quantitative estimate of drug-likeness (QED) is 0.303. The summed E-state index contributed by atoms with van der Waals surface area (Å²) in [7, 11) is 1.50. The van der Waals surface area contributed by atoms with Crippen LogP contribution in [0.4, 0.5) is 11.4 Å². The molecule has 5 rings (SSSR count). The van der Waals surface area contributed by atoms with E-state index in [0.717, 1.165) is 45.3 Å². The summed E-state index contributed by atoms with van der Waals surface area (Å²) in [5.74, 6) is 0.706. The summed E-state index contributed by atoms with van der Waals surface area (Å²) in [6.07, 6.45) is 3.51. The fraction of sp³-hybridized carbons (Fsp3) is 0.276. The molecular weight excluding hydrogens is 498 g/mol. The number of amides is 1. The predicted molar refractivity (Wildman–Crippen MR) is 151 cm³/mol. The lowest BCUT2D eigenvalue weighted by atomic mass is 9.96. The van der Waals surface area contributed by atoms with Gasteiger partial charge >= 0.3 is 0 Å². The van der Waals surface area contributed by atoms with E-state index < -0.39 is 0 Å². The molecule has 0 bridgehead atoms. The fourth-order valence-corrected chi connectivity index (χ4v) is 5.48. The minimum Gasteiger partial charge on any atom is -0.467 e. The number of benzene rings is 1. The molecule has 8 nitrogen and oxygen atoms in total. The number of carbonyl (C=O) groups is 1. The van der Waals surface area contributed by atoms with E-state index in [1.54, 1.807) is 6.26 Å². The molecule has 9 heteroatoms. The van der Waals surface area contributed by atoms with Crippen molar-refractivity contribution in [1.29, 1.82) is 0 Å². The standard InChI is InChI=1S/C29H31N5O3S/c1-18-14-21(10-11-24(18)31-26(35)17-36-4)34-28(27(32-29(34)38)25-9-5-6-12-30-25)23-15-19(2)33(20(23)3)16-22-8-7-13-37-22/h5-15,27-28H,16-17H2,1-4H3,(H,31,35)(H,32,38)/t27-,28-/m0/s1. The first-order valence-corrected chi connectivity index (χ1v) is 12.9. The van der Waals surface area contributed by atoms with Crippen molar-refractivity contribution in [3.63, 3.8) is 0 Å². The van der Waals surface area contributed by atoms with Crippen molar-refractivity contribution in [1.82, 2.24) is 14.9 Å². The number of methoxy groups -OCH3 is 1. The Kier molecular flexibility index (Phi) is 7.31. The largest absolute Gasteiger partial charge is 0.467 e. The third-order valence-electron chi connectivity index (χ3n) is 6.96. The molecule has 4 aromatic rings. The number of hydrogen-bond acceptors (Lipinski definition) is 5. The molecular formula is C29H31N5O3S. The number of nitrogens with one attached hydrogen (secondary N) is 2. The summed E-state index contributed by atoms with van der Waals surface area (Å²) in [5, 5.41) is 7.06. The summed E-state index contributed by atoms with van der Waals surface area (Å²) in [4.78, 5) is 18.9. The zero-order valence-electron chi connectivity index (χ0n) is 21.9. The Bertz CT molecular complexity index is 1450. The van der Waals surface area contributed by atoms with Crippen molar-refractivity contribution >= 4 is 34.6 Å². The molecule has 38 heavy (non-hydrogen) atoms. The molecule has 1 amide bonds. The Labute approximate surface area is 227 Å². The van der Waals surface area contributed by atoms with Crippen molar-refractivity contribution in [3.05, 3.63) is 101 Å². The van der Waals surface area contributed by atoms with Gasteiger partial charge in [0.05, 0.1) is 30.6 Å². The topological polar surface area (TPSA) is 84.6 Å². The Morgan fingerprint density at radius 1 is 1.16 bits per heavy atom. The lowest BCUT2D eigenvalue weighted by molar-refractivity contribution is -0.119. The molecule has 1 saturated heterocycles. The van der Waals surface area contributed by atoms with Gasteiger partial charge in [-0.2, -0.15) is 0 Å². The maximum Gasteiger partial charge on any atom is 0.250 e. The van der Waals surface area contributed by atoms with Gasteiger partial charge in [0.1, 0.15) is 12.4 Å². The first kappa shape index (κ1) is 25.7. The highest BCUT2D eigenvalue weighted by Crippen LogP contribution is 2.44. The van der Waals surface area contributed by atoms with Crippen LogP contribution in [0, 0.1) is 20.8 Å². The summed E-state index contributed by atoms with van der Waals surface area (Å²) in [5.41, 5.74) is 6.95. The van der Waals surface area contributed by atoms with Gasteiger partial charge in [-0.3, -0.25) is 9.78 Å². The Balaban J connectivity index is 1.56. The van der Waals surface area contributed by atoms with Gasteiger partial charge in [-0.1, -0.05) is 6.07 Å². The first-order chi connectivity index (χ1) is 18.4. The molecule has 0 spiro atoms. The highest BCUT2D eigenvalue weighted by molar-refractivity contribution is 7.80. The SMILES string of the molecule is COCC(=O)Nc1ccc(N2C(=S)N[C@@H](c3ccccn3)[C@@H]2c2cc(C)n(Cc3ccco3)c2C)cc1C. The number of nitrogens with zero attached hydrogens (tertiary/aromatic N) is 3. The minimum absolute atomic E-state index is 0.00275. The third kappa shape index (κ3) is 4.94. The van der Waals surface area contributed by atoms with Gasteiger partial charge in [-0.05, 0) is 92.6 Å². The number of pyridine rings is 1. The Morgan fingerprint density at radius 2 is 2.00 bits per heavy atom. The van der Waals surface area contributed by atoms with Crippen LogP contribution in [-0.4, -0.2) is 34.3 Å². The van der Waals surface area contributed by atoms with E-state index in [2.05, 4.69) is 45.0 Å². The summed E-state index contributed by atoms with van der Waals surface area (Å²) in [6.45, 7) is 6.88. The van der Waals surface area contributed by atoms with Crippen molar-refractivity contribution in [2.75, 3.05) is 23.9 Å². The van der Waals surface area contributed by atoms with Crippen LogP contribution in [0.2, 0.25) is 0 Å². The molecule has 0 aliphatic carbocycles. The number of hydrogen-bond donors (Lipinski definition) is 2. The molecule has 0 unspecified atom stereocenters. The second-order valence-corrected chi connectivity index (χ2v) is 9.86. The third-order valence-corrected chi connectivity index (χ3v) is 7.28. The van der Waals surface area contributed by atoms with Gasteiger partial charge in [0.2, 0.25) is 5.91 Å². The van der Waals surface area contributed by atoms with Crippen LogP contribution in [0.3, 0.4) is 0 Å². The average Bonchev–Trinajstić information content (AvgIpc) is 3.61. The normalized spacial score (nSPS) is 17.1. The monoisotopic (exact) mass is 529 g/mol. The zero-order valence-corrected chi connectivity index (χ0v) is 22.7. The lowest BCUT2D eigenvalue weighted by Gasteiger charge is -2.29. The Hall–Kier alpha value is -3.95. The van der Waals surface area contributed by atoms with E-state index in [4.69, 9.17) is 21.4 Å². The maximum atomic E-state index is 12.1. The smallest absolute Gasteiger partial charge is 0.250 e. The number of anilines is 2. The van der Waals surface area contributed by atoms with Gasteiger partial charge in [0, 0.05) is 36.1 Å². The summed E-state index contributed by atoms with van der Waals surface area (Å²) >= 11 is 5.91. The molecule has 196 valence electrons. The van der Waals surface area contributed by atoms with Gasteiger partial charge < -0.3 is 29.3 Å². The zero-order chi connectivity index (χ0) is 26.8. The highest BCUT2D eigenvalue weighted by Gasteiger charge is 2.42. The molecule has 2 N–H and O–H groups in total. The Morgan fingerprint density at radius 3 is 2.68 bits per heavy atom. The number of furan rings is 1. The molecule has 4 heterocycles. The van der Waals surface area contributed by atoms with Crippen molar-refractivity contribution in [2.45, 2.75) is 39.4 Å². The molecule has 0 saturated carbocycles. The number of thiocarbonyl (C=S) groups is 1. The molecule has 1 aliphatic heterocycles. The molecule has 1 aromatic carbocycles. The number of aryl methyl sites for hydroxylation is 2. The van der Waals surface area contributed by atoms with Crippen LogP contribution < -0.4 is 15.5 Å². The number of carbonyl (C=O) groups excluding carboxylic acids is 1. The van der Waals surface area contributed by atoms with Crippen molar-refractivity contribution < 1.29 is 13.9 Å². The van der Waals surface area contributed by atoms with Crippen molar-refractivity contribution in [2.24, 2.45) is 0 Å². The van der Waals surface area contributed by atoms with E-state index in [9.17, 15) is 4.79 Å².